The molecule has 3 rings (SSSR count). The van der Waals surface area contributed by atoms with Gasteiger partial charge in [-0.15, -0.1) is 0 Å². The molecule has 0 aromatic heterocycles. The van der Waals surface area contributed by atoms with E-state index in [1.165, 1.54) is 30.3 Å². The molecule has 0 aliphatic heterocycles. The van der Waals surface area contributed by atoms with Gasteiger partial charge in [0.15, 0.2) is 11.6 Å². The molecule has 0 saturated heterocycles. The summed E-state index contributed by atoms with van der Waals surface area (Å²) in [6.07, 6.45) is -2.68. The molecule has 0 N–H and O–H groups in total. The molecule has 0 heterocycles. The van der Waals surface area contributed by atoms with E-state index in [1.54, 1.807) is 36.4 Å². The second-order valence-corrected chi connectivity index (χ2v) is 7.28. The molecule has 3 aromatic rings. The van der Waals surface area contributed by atoms with Crippen LogP contribution in [0, 0.1) is 5.82 Å². The molecule has 0 amide bonds. The minimum absolute atomic E-state index is 0.00816. The molecule has 6 heteroatoms. The third kappa shape index (κ3) is 6.56. The maximum absolute atomic E-state index is 14.1. The standard InChI is InChI=1S/C25H24F4O2/c1-2-6-18-9-12-20(13-10-18)22(25(27,28)29)17-30-16-19-11-14-23(26)24(15-19)31-21-7-4-3-5-8-21/h3-5,7-15,22H,2,6,16-17H2,1H3. The van der Waals surface area contributed by atoms with E-state index < -0.39 is 24.5 Å². The molecule has 0 aliphatic rings. The second-order valence-electron chi connectivity index (χ2n) is 7.28. The molecule has 0 saturated carbocycles. The van der Waals surface area contributed by atoms with Crippen molar-refractivity contribution in [3.05, 3.63) is 95.3 Å². The van der Waals surface area contributed by atoms with Crippen LogP contribution in [0.4, 0.5) is 17.6 Å². The quantitative estimate of drug-likeness (QED) is 0.327. The van der Waals surface area contributed by atoms with Crippen molar-refractivity contribution in [2.75, 3.05) is 6.61 Å². The number of hydrogen-bond acceptors (Lipinski definition) is 2. The minimum Gasteiger partial charge on any atom is -0.454 e. The number of benzene rings is 3. The van der Waals surface area contributed by atoms with E-state index in [2.05, 4.69) is 0 Å². The monoisotopic (exact) mass is 432 g/mol. The summed E-state index contributed by atoms with van der Waals surface area (Å²) in [5.41, 5.74) is 1.69. The lowest BCUT2D eigenvalue weighted by molar-refractivity contribution is -0.163. The number of aryl methyl sites for hydroxylation is 1. The zero-order chi connectivity index (χ0) is 22.3. The summed E-state index contributed by atoms with van der Waals surface area (Å²) in [6.45, 7) is 1.40. The maximum atomic E-state index is 14.1. The average molecular weight is 432 g/mol. The van der Waals surface area contributed by atoms with Gasteiger partial charge < -0.3 is 9.47 Å². The van der Waals surface area contributed by atoms with E-state index in [-0.39, 0.29) is 17.9 Å². The first-order valence-corrected chi connectivity index (χ1v) is 10.1. The van der Waals surface area contributed by atoms with E-state index >= 15 is 0 Å². The highest BCUT2D eigenvalue weighted by atomic mass is 19.4. The Morgan fingerprint density at radius 2 is 1.55 bits per heavy atom. The molecule has 0 spiro atoms. The molecule has 164 valence electrons. The van der Waals surface area contributed by atoms with Gasteiger partial charge in [0.2, 0.25) is 0 Å². The lowest BCUT2D eigenvalue weighted by atomic mass is 9.97. The van der Waals surface area contributed by atoms with Crippen LogP contribution in [0.5, 0.6) is 11.5 Å². The lowest BCUT2D eigenvalue weighted by Gasteiger charge is -2.21. The van der Waals surface area contributed by atoms with Gasteiger partial charge in [-0.1, -0.05) is 61.9 Å². The topological polar surface area (TPSA) is 18.5 Å². The van der Waals surface area contributed by atoms with Crippen LogP contribution in [0.1, 0.15) is 36.0 Å². The number of ether oxygens (including phenoxy) is 2. The highest BCUT2D eigenvalue weighted by Gasteiger charge is 2.40. The Bertz CT molecular complexity index is 954. The van der Waals surface area contributed by atoms with Gasteiger partial charge in [-0.05, 0) is 47.4 Å². The SMILES string of the molecule is CCCc1ccc(C(COCc2ccc(F)c(Oc3ccccc3)c2)C(F)(F)F)cc1. The highest BCUT2D eigenvalue weighted by molar-refractivity contribution is 5.35. The first-order valence-electron chi connectivity index (χ1n) is 10.1. The van der Waals surface area contributed by atoms with Gasteiger partial charge in [-0.3, -0.25) is 0 Å². The summed E-state index contributed by atoms with van der Waals surface area (Å²) < 4.78 is 65.7. The van der Waals surface area contributed by atoms with Crippen molar-refractivity contribution in [2.24, 2.45) is 0 Å². The molecule has 0 fully saturated rings. The van der Waals surface area contributed by atoms with Crippen molar-refractivity contribution < 1.29 is 27.0 Å². The zero-order valence-electron chi connectivity index (χ0n) is 17.2. The molecule has 0 radical (unpaired) electrons. The minimum atomic E-state index is -4.43. The Labute approximate surface area is 179 Å². The van der Waals surface area contributed by atoms with E-state index in [1.807, 2.05) is 13.0 Å². The number of hydrogen-bond donors (Lipinski definition) is 0. The highest BCUT2D eigenvalue weighted by Crippen LogP contribution is 2.35. The van der Waals surface area contributed by atoms with Crippen molar-refractivity contribution in [3.8, 4) is 11.5 Å². The summed E-state index contributed by atoms with van der Waals surface area (Å²) in [4.78, 5) is 0. The van der Waals surface area contributed by atoms with Crippen molar-refractivity contribution in [2.45, 2.75) is 38.5 Å². The van der Waals surface area contributed by atoms with Crippen LogP contribution in [0.25, 0.3) is 0 Å². The molecule has 1 atom stereocenters. The molecule has 2 nitrogen and oxygen atoms in total. The largest absolute Gasteiger partial charge is 0.454 e. The van der Waals surface area contributed by atoms with Crippen LogP contribution < -0.4 is 4.74 Å². The Morgan fingerprint density at radius 1 is 0.871 bits per heavy atom. The van der Waals surface area contributed by atoms with E-state index in [9.17, 15) is 17.6 Å². The average Bonchev–Trinajstić information content (AvgIpc) is 2.74. The number of alkyl halides is 3. The van der Waals surface area contributed by atoms with Gasteiger partial charge in [0.1, 0.15) is 11.7 Å². The third-order valence-electron chi connectivity index (χ3n) is 4.84. The Morgan fingerprint density at radius 3 is 2.19 bits per heavy atom. The smallest absolute Gasteiger partial charge is 0.397 e. The predicted molar refractivity (Wildman–Crippen MR) is 112 cm³/mol. The van der Waals surface area contributed by atoms with E-state index in [0.29, 0.717) is 11.3 Å². The maximum Gasteiger partial charge on any atom is 0.397 e. The van der Waals surface area contributed by atoms with Crippen molar-refractivity contribution in [1.82, 2.24) is 0 Å². The van der Waals surface area contributed by atoms with Crippen molar-refractivity contribution >= 4 is 0 Å². The van der Waals surface area contributed by atoms with Crippen molar-refractivity contribution in [3.63, 3.8) is 0 Å². The number of halogens is 4. The van der Waals surface area contributed by atoms with Gasteiger partial charge >= 0.3 is 6.18 Å². The molecule has 0 bridgehead atoms. The molecule has 0 aliphatic carbocycles. The summed E-state index contributed by atoms with van der Waals surface area (Å²) in [5, 5.41) is 0. The molecule has 3 aromatic carbocycles. The second kappa shape index (κ2) is 10.4. The zero-order valence-corrected chi connectivity index (χ0v) is 17.2. The van der Waals surface area contributed by atoms with Gasteiger partial charge in [-0.2, -0.15) is 13.2 Å². The van der Waals surface area contributed by atoms with Crippen LogP contribution >= 0.6 is 0 Å². The van der Waals surface area contributed by atoms with Crippen LogP contribution in [0.3, 0.4) is 0 Å². The van der Waals surface area contributed by atoms with Crippen LogP contribution in [0.2, 0.25) is 0 Å². The van der Waals surface area contributed by atoms with Crippen LogP contribution in [-0.4, -0.2) is 12.8 Å². The predicted octanol–water partition coefficient (Wildman–Crippen LogP) is 7.43. The van der Waals surface area contributed by atoms with Crippen molar-refractivity contribution in [1.29, 1.82) is 0 Å². The fourth-order valence-corrected chi connectivity index (χ4v) is 3.21. The van der Waals surface area contributed by atoms with E-state index in [4.69, 9.17) is 9.47 Å². The normalized spacial score (nSPS) is 12.5. The first kappa shape index (κ1) is 22.8. The van der Waals surface area contributed by atoms with E-state index in [0.717, 1.165) is 18.4 Å². The first-order chi connectivity index (χ1) is 14.9. The molecular formula is C25H24F4O2. The Kier molecular flexibility index (Phi) is 7.69. The Balaban J connectivity index is 1.65. The summed E-state index contributed by atoms with van der Waals surface area (Å²) in [6, 6.07) is 19.3. The lowest BCUT2D eigenvalue weighted by Crippen LogP contribution is -2.25. The number of rotatable bonds is 9. The van der Waals surface area contributed by atoms with Gasteiger partial charge in [0.25, 0.3) is 0 Å². The summed E-state index contributed by atoms with van der Waals surface area (Å²) >= 11 is 0. The summed E-state index contributed by atoms with van der Waals surface area (Å²) in [7, 11) is 0. The Hall–Kier alpha value is -2.86. The third-order valence-corrected chi connectivity index (χ3v) is 4.84. The fourth-order valence-electron chi connectivity index (χ4n) is 3.21. The van der Waals surface area contributed by atoms with Gasteiger partial charge in [0.05, 0.1) is 13.2 Å². The van der Waals surface area contributed by atoms with Crippen LogP contribution in [-0.2, 0) is 17.8 Å². The van der Waals surface area contributed by atoms with Gasteiger partial charge in [-0.25, -0.2) is 4.39 Å². The molecule has 1 unspecified atom stereocenters. The molecular weight excluding hydrogens is 408 g/mol. The summed E-state index contributed by atoms with van der Waals surface area (Å²) in [5.74, 6) is -1.84. The van der Waals surface area contributed by atoms with Gasteiger partial charge in [0, 0.05) is 0 Å². The molecule has 31 heavy (non-hydrogen) atoms. The fraction of sp³-hybridized carbons (Fsp3) is 0.280. The van der Waals surface area contributed by atoms with Crippen LogP contribution in [0.15, 0.2) is 72.8 Å². The number of para-hydroxylation sites is 1.